The zero-order valence-corrected chi connectivity index (χ0v) is 17.2. The Morgan fingerprint density at radius 3 is 2.66 bits per heavy atom. The Labute approximate surface area is 182 Å². The fourth-order valence-electron chi connectivity index (χ4n) is 3.69. The van der Waals surface area contributed by atoms with Crippen molar-refractivity contribution in [3.05, 3.63) is 94.3 Å². The number of carbonyl (C=O) groups excluding carboxylic acids is 1. The van der Waals surface area contributed by atoms with Crippen LogP contribution in [0.15, 0.2) is 77.6 Å². The Balaban J connectivity index is 1.53. The summed E-state index contributed by atoms with van der Waals surface area (Å²) in [5, 5.41) is 10.6. The molecule has 1 amide bonds. The van der Waals surface area contributed by atoms with E-state index in [9.17, 15) is 9.59 Å². The quantitative estimate of drug-likeness (QED) is 0.450. The molecule has 0 spiro atoms. The van der Waals surface area contributed by atoms with Gasteiger partial charge in [-0.15, -0.1) is 0 Å². The van der Waals surface area contributed by atoms with Crippen LogP contribution in [0.5, 0.6) is 5.75 Å². The van der Waals surface area contributed by atoms with Crippen LogP contribution in [-0.2, 0) is 6.54 Å². The zero-order valence-electron chi connectivity index (χ0n) is 17.2. The van der Waals surface area contributed by atoms with Gasteiger partial charge in [-0.05, 0) is 24.3 Å². The number of amides is 1. The lowest BCUT2D eigenvalue weighted by atomic mass is 10.1. The van der Waals surface area contributed by atoms with Gasteiger partial charge in [-0.3, -0.25) is 9.59 Å². The molecule has 0 aliphatic heterocycles. The van der Waals surface area contributed by atoms with Gasteiger partial charge in [0.25, 0.3) is 11.5 Å². The largest absolute Gasteiger partial charge is 0.496 e. The van der Waals surface area contributed by atoms with Gasteiger partial charge in [0, 0.05) is 23.2 Å². The van der Waals surface area contributed by atoms with Crippen molar-refractivity contribution in [1.82, 2.24) is 25.1 Å². The van der Waals surface area contributed by atoms with Gasteiger partial charge in [0.2, 0.25) is 0 Å². The minimum atomic E-state index is -0.375. The SMILES string of the molecule is COc1ccccc1CNC(=O)c1ccc2c(=O)nc3c(-c4ccccc4)n[nH]n3c2c1. The Kier molecular flexibility index (Phi) is 4.87. The van der Waals surface area contributed by atoms with E-state index in [4.69, 9.17) is 4.74 Å². The summed E-state index contributed by atoms with van der Waals surface area (Å²) < 4.78 is 6.95. The Morgan fingerprint density at radius 2 is 1.84 bits per heavy atom. The van der Waals surface area contributed by atoms with Crippen LogP contribution in [0.3, 0.4) is 0 Å². The van der Waals surface area contributed by atoms with Gasteiger partial charge >= 0.3 is 0 Å². The number of benzene rings is 3. The van der Waals surface area contributed by atoms with Crippen LogP contribution in [0, 0.1) is 0 Å². The highest BCUT2D eigenvalue weighted by molar-refractivity contribution is 5.98. The van der Waals surface area contributed by atoms with Crippen LogP contribution < -0.4 is 15.6 Å². The maximum Gasteiger partial charge on any atom is 0.281 e. The number of fused-ring (bicyclic) bond motifs is 3. The molecule has 8 heteroatoms. The second kappa shape index (κ2) is 7.99. The molecule has 0 fully saturated rings. The third kappa shape index (κ3) is 3.37. The van der Waals surface area contributed by atoms with E-state index < -0.39 is 0 Å². The summed E-state index contributed by atoms with van der Waals surface area (Å²) in [7, 11) is 1.59. The molecule has 5 aromatic rings. The first-order valence-electron chi connectivity index (χ1n) is 10.0. The van der Waals surface area contributed by atoms with Gasteiger partial charge in [0.1, 0.15) is 11.4 Å². The molecular weight excluding hydrogens is 406 g/mol. The number of aromatic amines is 1. The first kappa shape index (κ1) is 19.5. The molecule has 5 rings (SSSR count). The molecule has 8 nitrogen and oxygen atoms in total. The minimum Gasteiger partial charge on any atom is -0.496 e. The van der Waals surface area contributed by atoms with Gasteiger partial charge in [-0.2, -0.15) is 10.1 Å². The van der Waals surface area contributed by atoms with E-state index in [0.717, 1.165) is 11.1 Å². The average molecular weight is 425 g/mol. The highest BCUT2D eigenvalue weighted by atomic mass is 16.5. The summed E-state index contributed by atoms with van der Waals surface area (Å²) in [6.07, 6.45) is 0. The van der Waals surface area contributed by atoms with Crippen LogP contribution in [0.1, 0.15) is 15.9 Å². The van der Waals surface area contributed by atoms with E-state index in [1.807, 2.05) is 54.6 Å². The van der Waals surface area contributed by atoms with Crippen LogP contribution in [0.25, 0.3) is 27.8 Å². The summed E-state index contributed by atoms with van der Waals surface area (Å²) >= 11 is 0. The van der Waals surface area contributed by atoms with E-state index in [2.05, 4.69) is 20.6 Å². The highest BCUT2D eigenvalue weighted by Gasteiger charge is 2.16. The van der Waals surface area contributed by atoms with E-state index in [1.165, 1.54) is 0 Å². The number of nitrogens with one attached hydrogen (secondary N) is 2. The second-order valence-electron chi connectivity index (χ2n) is 7.23. The standard InChI is InChI=1S/C24H19N5O3/c1-32-20-10-6-5-9-17(20)14-25-23(30)16-11-12-18-19(13-16)29-22(26-24(18)31)21(27-28-29)15-7-3-2-4-8-15/h2-13,28H,14H2,1H3,(H,25,30). The molecule has 158 valence electrons. The van der Waals surface area contributed by atoms with Gasteiger partial charge in [0.05, 0.1) is 18.0 Å². The van der Waals surface area contributed by atoms with E-state index in [-0.39, 0.29) is 11.5 Å². The predicted molar refractivity (Wildman–Crippen MR) is 121 cm³/mol. The number of carbonyl (C=O) groups is 1. The fourth-order valence-corrected chi connectivity index (χ4v) is 3.69. The van der Waals surface area contributed by atoms with Crippen molar-refractivity contribution < 1.29 is 9.53 Å². The Bertz CT molecular complexity index is 1510. The number of H-pyrrole nitrogens is 1. The normalized spacial score (nSPS) is 11.0. The Morgan fingerprint density at radius 1 is 1.06 bits per heavy atom. The number of aromatic nitrogens is 4. The number of para-hydroxylation sites is 1. The third-order valence-electron chi connectivity index (χ3n) is 5.30. The number of nitrogens with zero attached hydrogens (tertiary/aromatic N) is 3. The van der Waals surface area contributed by atoms with Gasteiger partial charge in [-0.1, -0.05) is 48.5 Å². The topological polar surface area (TPSA) is 101 Å². The summed E-state index contributed by atoms with van der Waals surface area (Å²) in [5.74, 6) is 0.440. The maximum atomic E-state index is 12.8. The van der Waals surface area contributed by atoms with Crippen molar-refractivity contribution in [2.75, 3.05) is 7.11 Å². The number of hydrogen-bond donors (Lipinski definition) is 2. The molecule has 0 aliphatic carbocycles. The fraction of sp³-hybridized carbons (Fsp3) is 0.0833. The first-order chi connectivity index (χ1) is 15.7. The van der Waals surface area contributed by atoms with Crippen molar-refractivity contribution in [3.63, 3.8) is 0 Å². The lowest BCUT2D eigenvalue weighted by Crippen LogP contribution is -2.23. The van der Waals surface area contributed by atoms with E-state index >= 15 is 0 Å². The number of ether oxygens (including phenoxy) is 1. The molecule has 3 aromatic carbocycles. The van der Waals surface area contributed by atoms with Crippen molar-refractivity contribution in [3.8, 4) is 17.0 Å². The van der Waals surface area contributed by atoms with Crippen molar-refractivity contribution in [1.29, 1.82) is 0 Å². The molecule has 32 heavy (non-hydrogen) atoms. The first-order valence-corrected chi connectivity index (χ1v) is 10.0. The van der Waals surface area contributed by atoms with Crippen LogP contribution in [-0.4, -0.2) is 32.8 Å². The lowest BCUT2D eigenvalue weighted by Gasteiger charge is -2.10. The van der Waals surface area contributed by atoms with Crippen LogP contribution in [0.2, 0.25) is 0 Å². The predicted octanol–water partition coefficient (Wildman–Crippen LogP) is 3.18. The van der Waals surface area contributed by atoms with Gasteiger partial charge in [0.15, 0.2) is 5.65 Å². The molecule has 0 unspecified atom stereocenters. The summed E-state index contributed by atoms with van der Waals surface area (Å²) in [6.45, 7) is 0.314. The molecular formula is C24H19N5O3. The molecule has 2 N–H and O–H groups in total. The number of methoxy groups -OCH3 is 1. The van der Waals surface area contributed by atoms with Crippen LogP contribution in [0.4, 0.5) is 0 Å². The third-order valence-corrected chi connectivity index (χ3v) is 5.30. The van der Waals surface area contributed by atoms with E-state index in [1.54, 1.807) is 29.8 Å². The monoisotopic (exact) mass is 425 g/mol. The summed E-state index contributed by atoms with van der Waals surface area (Å²) in [6, 6.07) is 21.9. The molecule has 0 bridgehead atoms. The zero-order chi connectivity index (χ0) is 22.1. The summed E-state index contributed by atoms with van der Waals surface area (Å²) in [5.41, 5.74) is 3.24. The molecule has 0 atom stereocenters. The molecule has 2 heterocycles. The van der Waals surface area contributed by atoms with Crippen molar-refractivity contribution in [2.24, 2.45) is 0 Å². The summed E-state index contributed by atoms with van der Waals surface area (Å²) in [4.78, 5) is 29.7. The smallest absolute Gasteiger partial charge is 0.281 e. The Hall–Kier alpha value is -4.46. The van der Waals surface area contributed by atoms with E-state index in [0.29, 0.717) is 40.1 Å². The number of rotatable bonds is 5. The molecule has 0 radical (unpaired) electrons. The lowest BCUT2D eigenvalue weighted by molar-refractivity contribution is 0.0951. The second-order valence-corrected chi connectivity index (χ2v) is 7.23. The van der Waals surface area contributed by atoms with Crippen LogP contribution >= 0.6 is 0 Å². The highest BCUT2D eigenvalue weighted by Crippen LogP contribution is 2.23. The molecule has 0 aliphatic rings. The average Bonchev–Trinajstić information content (AvgIpc) is 3.27. The van der Waals surface area contributed by atoms with Crippen molar-refractivity contribution in [2.45, 2.75) is 6.54 Å². The minimum absolute atomic E-state index is 0.265. The molecule has 0 saturated heterocycles. The van der Waals surface area contributed by atoms with Crippen molar-refractivity contribution >= 4 is 22.5 Å². The maximum absolute atomic E-state index is 12.8. The molecule has 2 aromatic heterocycles. The molecule has 0 saturated carbocycles. The van der Waals surface area contributed by atoms with Gasteiger partial charge in [-0.25, -0.2) is 9.73 Å². The van der Waals surface area contributed by atoms with Gasteiger partial charge < -0.3 is 10.1 Å². The number of hydrogen-bond acceptors (Lipinski definition) is 5.